The highest BCUT2D eigenvalue weighted by atomic mass is 16.5. The maximum absolute atomic E-state index is 7.27. The summed E-state index contributed by atoms with van der Waals surface area (Å²) in [4.78, 5) is 0. The molecule has 0 heterocycles. The third-order valence-corrected chi connectivity index (χ3v) is 9.00. The normalized spacial score (nSPS) is 12.7. The maximum Gasteiger partial charge on any atom is 0.0836 e. The monoisotopic (exact) mass is 587 g/mol. The third-order valence-electron chi connectivity index (χ3n) is 9.00. The van der Waals surface area contributed by atoms with Crippen LogP contribution in [0.3, 0.4) is 0 Å². The molecule has 0 bridgehead atoms. The summed E-state index contributed by atoms with van der Waals surface area (Å²) >= 11 is 0. The molecule has 1 heteroatoms. The lowest BCUT2D eigenvalue weighted by Crippen LogP contribution is -2.14. The molecular formula is C42H66O. The van der Waals surface area contributed by atoms with Crippen LogP contribution in [0.2, 0.25) is 0 Å². The predicted octanol–water partition coefficient (Wildman–Crippen LogP) is 13.8. The largest absolute Gasteiger partial charge is 0.366 e. The van der Waals surface area contributed by atoms with Gasteiger partial charge in [0, 0.05) is 0 Å². The highest BCUT2D eigenvalue weighted by Crippen LogP contribution is 2.37. The van der Waals surface area contributed by atoms with Crippen molar-refractivity contribution in [3.63, 3.8) is 0 Å². The number of allylic oxidation sites excluding steroid dienone is 2. The molecule has 0 aliphatic rings. The molecule has 2 rings (SSSR count). The van der Waals surface area contributed by atoms with Gasteiger partial charge in [-0.15, -0.1) is 13.2 Å². The van der Waals surface area contributed by atoms with E-state index in [0.29, 0.717) is 0 Å². The summed E-state index contributed by atoms with van der Waals surface area (Å²) < 4.78 is 7.27. The van der Waals surface area contributed by atoms with Crippen molar-refractivity contribution in [3.8, 4) is 0 Å². The van der Waals surface area contributed by atoms with Crippen molar-refractivity contribution >= 4 is 0 Å². The van der Waals surface area contributed by atoms with Crippen molar-refractivity contribution in [1.29, 1.82) is 0 Å². The fourth-order valence-corrected chi connectivity index (χ4v) is 6.45. The predicted molar refractivity (Wildman–Crippen MR) is 191 cm³/mol. The lowest BCUT2D eigenvalue weighted by atomic mass is 9.93. The van der Waals surface area contributed by atoms with Crippen LogP contribution in [0.4, 0.5) is 0 Å². The molecular weight excluding hydrogens is 520 g/mol. The van der Waals surface area contributed by atoms with Crippen LogP contribution in [0.15, 0.2) is 73.8 Å². The standard InChI is InChI=1S/C42H66O/c1-5-9-11-13-15-17-19-21-23-35-41(39-33-27-25-31-37(39)29-7-3)43-42(40-34-28-26-32-38(40)30-8-4)36-24-22-20-18-16-14-12-10-6-2/h7-8,25-28,31-34,41-42H,3-6,9-24,29-30,35-36H2,1-2H3. The summed E-state index contributed by atoms with van der Waals surface area (Å²) in [6.07, 6.45) is 32.6. The summed E-state index contributed by atoms with van der Waals surface area (Å²) in [5.41, 5.74) is 5.44. The Morgan fingerprint density at radius 1 is 0.488 bits per heavy atom. The summed E-state index contributed by atoms with van der Waals surface area (Å²) in [5, 5.41) is 0. The molecule has 0 aromatic heterocycles. The van der Waals surface area contributed by atoms with E-state index < -0.39 is 0 Å². The zero-order valence-corrected chi connectivity index (χ0v) is 28.3. The minimum absolute atomic E-state index is 0.112. The van der Waals surface area contributed by atoms with Crippen LogP contribution < -0.4 is 0 Å². The second-order valence-electron chi connectivity index (χ2n) is 12.7. The molecule has 2 aromatic carbocycles. The Morgan fingerprint density at radius 2 is 0.814 bits per heavy atom. The van der Waals surface area contributed by atoms with E-state index in [1.807, 2.05) is 12.2 Å². The van der Waals surface area contributed by atoms with Crippen molar-refractivity contribution in [2.75, 3.05) is 0 Å². The van der Waals surface area contributed by atoms with Gasteiger partial charge in [-0.2, -0.15) is 0 Å². The Kier molecular flexibility index (Phi) is 21.8. The molecule has 0 saturated heterocycles. The van der Waals surface area contributed by atoms with Gasteiger partial charge in [0.05, 0.1) is 12.2 Å². The van der Waals surface area contributed by atoms with Crippen molar-refractivity contribution in [3.05, 3.63) is 96.1 Å². The molecule has 0 N–H and O–H groups in total. The molecule has 0 amide bonds. The molecule has 0 radical (unpaired) electrons. The molecule has 0 fully saturated rings. The average Bonchev–Trinajstić information content (AvgIpc) is 3.03. The molecule has 2 atom stereocenters. The molecule has 43 heavy (non-hydrogen) atoms. The smallest absolute Gasteiger partial charge is 0.0836 e. The van der Waals surface area contributed by atoms with Crippen molar-refractivity contribution in [2.45, 2.75) is 167 Å². The van der Waals surface area contributed by atoms with Gasteiger partial charge in [-0.3, -0.25) is 0 Å². The lowest BCUT2D eigenvalue weighted by molar-refractivity contribution is -0.0271. The van der Waals surface area contributed by atoms with E-state index in [-0.39, 0.29) is 12.2 Å². The van der Waals surface area contributed by atoms with E-state index in [9.17, 15) is 0 Å². The van der Waals surface area contributed by atoms with Crippen LogP contribution in [0, 0.1) is 0 Å². The van der Waals surface area contributed by atoms with Gasteiger partial charge < -0.3 is 4.74 Å². The van der Waals surface area contributed by atoms with Crippen LogP contribution in [0.1, 0.15) is 177 Å². The SMILES string of the molecule is C=CCc1ccccc1C(CCCCCCCCCCC)OC(CCCCCCCCCCC)c1ccccc1CC=C. The van der Waals surface area contributed by atoms with Crippen molar-refractivity contribution in [2.24, 2.45) is 0 Å². The van der Waals surface area contributed by atoms with Gasteiger partial charge in [-0.1, -0.05) is 190 Å². The molecule has 0 aliphatic carbocycles. The van der Waals surface area contributed by atoms with Gasteiger partial charge in [-0.25, -0.2) is 0 Å². The van der Waals surface area contributed by atoms with E-state index in [1.165, 1.54) is 138 Å². The molecule has 1 nitrogen and oxygen atoms in total. The highest BCUT2D eigenvalue weighted by Gasteiger charge is 2.23. The first kappa shape index (κ1) is 37.1. The van der Waals surface area contributed by atoms with Gasteiger partial charge in [0.15, 0.2) is 0 Å². The van der Waals surface area contributed by atoms with E-state index in [2.05, 4.69) is 75.5 Å². The number of ether oxygens (including phenoxy) is 1. The first-order valence-corrected chi connectivity index (χ1v) is 18.3. The average molecular weight is 587 g/mol. The van der Waals surface area contributed by atoms with E-state index in [0.717, 1.165) is 25.7 Å². The van der Waals surface area contributed by atoms with Gasteiger partial charge in [0.1, 0.15) is 0 Å². The van der Waals surface area contributed by atoms with Gasteiger partial charge in [-0.05, 0) is 47.9 Å². The summed E-state index contributed by atoms with van der Waals surface area (Å²) in [7, 11) is 0. The first-order chi connectivity index (χ1) is 21.2. The zero-order valence-electron chi connectivity index (χ0n) is 28.3. The molecule has 0 spiro atoms. The Bertz CT molecular complexity index is 881. The Labute approximate surface area is 267 Å². The quantitative estimate of drug-likeness (QED) is 0.0711. The van der Waals surface area contributed by atoms with E-state index >= 15 is 0 Å². The number of benzene rings is 2. The van der Waals surface area contributed by atoms with Crippen LogP contribution in [-0.4, -0.2) is 0 Å². The lowest BCUT2D eigenvalue weighted by Gasteiger charge is -2.29. The number of unbranched alkanes of at least 4 members (excludes halogenated alkanes) is 16. The minimum atomic E-state index is 0.112. The Morgan fingerprint density at radius 3 is 1.16 bits per heavy atom. The topological polar surface area (TPSA) is 9.23 Å². The van der Waals surface area contributed by atoms with Crippen molar-refractivity contribution in [1.82, 2.24) is 0 Å². The Balaban J connectivity index is 2.11. The fourth-order valence-electron chi connectivity index (χ4n) is 6.45. The zero-order chi connectivity index (χ0) is 30.8. The molecule has 240 valence electrons. The van der Waals surface area contributed by atoms with Crippen LogP contribution >= 0.6 is 0 Å². The van der Waals surface area contributed by atoms with Crippen molar-refractivity contribution < 1.29 is 4.74 Å². The van der Waals surface area contributed by atoms with Crippen LogP contribution in [-0.2, 0) is 17.6 Å². The van der Waals surface area contributed by atoms with Gasteiger partial charge in [0.2, 0.25) is 0 Å². The second-order valence-corrected chi connectivity index (χ2v) is 12.7. The van der Waals surface area contributed by atoms with E-state index in [1.54, 1.807) is 0 Å². The molecule has 0 aliphatic heterocycles. The van der Waals surface area contributed by atoms with Crippen LogP contribution in [0.25, 0.3) is 0 Å². The first-order valence-electron chi connectivity index (χ1n) is 18.3. The maximum atomic E-state index is 7.27. The van der Waals surface area contributed by atoms with Gasteiger partial charge >= 0.3 is 0 Å². The van der Waals surface area contributed by atoms with E-state index in [4.69, 9.17) is 4.74 Å². The summed E-state index contributed by atoms with van der Waals surface area (Å²) in [6.45, 7) is 12.7. The Hall–Kier alpha value is -2.12. The summed E-state index contributed by atoms with van der Waals surface area (Å²) in [6, 6.07) is 17.9. The molecule has 2 aromatic rings. The molecule has 2 unspecified atom stereocenters. The second kappa shape index (κ2) is 25.2. The minimum Gasteiger partial charge on any atom is -0.366 e. The summed E-state index contributed by atoms with van der Waals surface area (Å²) in [5.74, 6) is 0. The number of hydrogen-bond donors (Lipinski definition) is 0. The number of hydrogen-bond acceptors (Lipinski definition) is 1. The number of rotatable bonds is 28. The highest BCUT2D eigenvalue weighted by molar-refractivity contribution is 5.33. The van der Waals surface area contributed by atoms with Crippen LogP contribution in [0.5, 0.6) is 0 Å². The third kappa shape index (κ3) is 16.0. The molecule has 0 saturated carbocycles. The van der Waals surface area contributed by atoms with Gasteiger partial charge in [0.25, 0.3) is 0 Å². The fraction of sp³-hybridized carbons (Fsp3) is 0.619.